The zero-order valence-corrected chi connectivity index (χ0v) is 5.22. The van der Waals surface area contributed by atoms with Gasteiger partial charge in [0, 0.05) is 6.04 Å². The van der Waals surface area contributed by atoms with Gasteiger partial charge in [0.1, 0.15) is 0 Å². The molecule has 8 heavy (non-hydrogen) atoms. The molecular formula is C6H13NO. The van der Waals surface area contributed by atoms with Crippen LogP contribution < -0.4 is 5.32 Å². The van der Waals surface area contributed by atoms with E-state index in [1.165, 1.54) is 0 Å². The number of aliphatic hydroxyl groups is 1. The smallest absolute Gasteiger partial charge is 0.0570 e. The van der Waals surface area contributed by atoms with Crippen molar-refractivity contribution in [2.75, 3.05) is 6.54 Å². The lowest BCUT2D eigenvalue weighted by Gasteiger charge is -2.31. The number of hydrogen-bond acceptors (Lipinski definition) is 2. The van der Waals surface area contributed by atoms with Gasteiger partial charge in [-0.3, -0.25) is 0 Å². The zero-order chi connectivity index (χ0) is 5.98. The molecule has 0 bridgehead atoms. The normalized spacial score (nSPS) is 36.8. The van der Waals surface area contributed by atoms with Gasteiger partial charge in [-0.05, 0) is 19.4 Å². The minimum Gasteiger partial charge on any atom is -0.393 e. The monoisotopic (exact) mass is 115 g/mol. The van der Waals surface area contributed by atoms with Crippen LogP contribution in [0.4, 0.5) is 0 Å². The van der Waals surface area contributed by atoms with Gasteiger partial charge < -0.3 is 10.4 Å². The van der Waals surface area contributed by atoms with E-state index in [0.717, 1.165) is 19.4 Å². The van der Waals surface area contributed by atoms with Crippen molar-refractivity contribution in [1.29, 1.82) is 0 Å². The molecule has 1 aliphatic rings. The molecule has 0 heterocycles. The fourth-order valence-corrected chi connectivity index (χ4v) is 1.04. The summed E-state index contributed by atoms with van der Waals surface area (Å²) in [7, 11) is 0. The SMILES string of the molecule is CCN[C@H]1C[C@@H](O)C1. The molecule has 0 aromatic heterocycles. The minimum atomic E-state index is -0.0148. The van der Waals surface area contributed by atoms with Crippen LogP contribution in [0.3, 0.4) is 0 Å². The summed E-state index contributed by atoms with van der Waals surface area (Å²) in [4.78, 5) is 0. The highest BCUT2D eigenvalue weighted by Gasteiger charge is 2.25. The second-order valence-electron chi connectivity index (χ2n) is 2.38. The van der Waals surface area contributed by atoms with Crippen LogP contribution in [0.2, 0.25) is 0 Å². The van der Waals surface area contributed by atoms with Gasteiger partial charge in [0.25, 0.3) is 0 Å². The molecule has 0 atom stereocenters. The van der Waals surface area contributed by atoms with E-state index in [2.05, 4.69) is 12.2 Å². The minimum absolute atomic E-state index is 0.0148. The van der Waals surface area contributed by atoms with Gasteiger partial charge in [0.05, 0.1) is 6.10 Å². The Hall–Kier alpha value is -0.0800. The highest BCUT2D eigenvalue weighted by molar-refractivity contribution is 4.83. The fraction of sp³-hybridized carbons (Fsp3) is 1.00. The van der Waals surface area contributed by atoms with Crippen LogP contribution in [0.15, 0.2) is 0 Å². The third kappa shape index (κ3) is 1.20. The van der Waals surface area contributed by atoms with Gasteiger partial charge in [0.2, 0.25) is 0 Å². The molecule has 0 amide bonds. The van der Waals surface area contributed by atoms with Gasteiger partial charge >= 0.3 is 0 Å². The highest BCUT2D eigenvalue weighted by atomic mass is 16.3. The molecule has 0 aliphatic heterocycles. The third-order valence-corrected chi connectivity index (χ3v) is 1.61. The van der Waals surface area contributed by atoms with Crippen molar-refractivity contribution in [3.05, 3.63) is 0 Å². The number of rotatable bonds is 2. The standard InChI is InChI=1S/C6H13NO/c1-2-7-5-3-6(8)4-5/h5-8H,2-4H2,1H3/t5-,6+. The molecule has 1 saturated carbocycles. The van der Waals surface area contributed by atoms with Crippen LogP contribution in [0, 0.1) is 0 Å². The summed E-state index contributed by atoms with van der Waals surface area (Å²) in [6, 6.07) is 0.606. The molecule has 1 rings (SSSR count). The van der Waals surface area contributed by atoms with E-state index in [9.17, 15) is 0 Å². The van der Waals surface area contributed by atoms with Gasteiger partial charge in [-0.1, -0.05) is 6.92 Å². The van der Waals surface area contributed by atoms with E-state index in [1.807, 2.05) is 0 Å². The van der Waals surface area contributed by atoms with Gasteiger partial charge in [-0.15, -0.1) is 0 Å². The molecule has 1 aliphatic carbocycles. The van der Waals surface area contributed by atoms with Crippen molar-refractivity contribution in [3.63, 3.8) is 0 Å². The summed E-state index contributed by atoms with van der Waals surface area (Å²) in [5.41, 5.74) is 0. The average molecular weight is 115 g/mol. The molecule has 0 unspecified atom stereocenters. The summed E-state index contributed by atoms with van der Waals surface area (Å²) >= 11 is 0. The Morgan fingerprint density at radius 3 is 2.62 bits per heavy atom. The van der Waals surface area contributed by atoms with E-state index in [1.54, 1.807) is 0 Å². The van der Waals surface area contributed by atoms with Crippen molar-refractivity contribution >= 4 is 0 Å². The van der Waals surface area contributed by atoms with Crippen LogP contribution in [0.1, 0.15) is 19.8 Å². The topological polar surface area (TPSA) is 32.3 Å². The van der Waals surface area contributed by atoms with Crippen molar-refractivity contribution in [1.82, 2.24) is 5.32 Å². The van der Waals surface area contributed by atoms with E-state index in [0.29, 0.717) is 6.04 Å². The highest BCUT2D eigenvalue weighted by Crippen LogP contribution is 2.18. The summed E-state index contributed by atoms with van der Waals surface area (Å²) in [6.07, 6.45) is 1.89. The molecule has 2 heteroatoms. The maximum atomic E-state index is 8.80. The second-order valence-corrected chi connectivity index (χ2v) is 2.38. The molecule has 0 aromatic carbocycles. The van der Waals surface area contributed by atoms with Crippen LogP contribution in [0.25, 0.3) is 0 Å². The van der Waals surface area contributed by atoms with Crippen LogP contribution in [0.5, 0.6) is 0 Å². The zero-order valence-electron chi connectivity index (χ0n) is 5.22. The fourth-order valence-electron chi connectivity index (χ4n) is 1.04. The van der Waals surface area contributed by atoms with E-state index < -0.39 is 0 Å². The molecule has 2 nitrogen and oxygen atoms in total. The van der Waals surface area contributed by atoms with Gasteiger partial charge in [-0.2, -0.15) is 0 Å². The molecule has 1 fully saturated rings. The Morgan fingerprint density at radius 1 is 1.62 bits per heavy atom. The van der Waals surface area contributed by atoms with Crippen molar-refractivity contribution < 1.29 is 5.11 Å². The summed E-state index contributed by atoms with van der Waals surface area (Å²) in [5, 5.41) is 12.1. The first-order valence-corrected chi connectivity index (χ1v) is 3.24. The Balaban J connectivity index is 1.98. The van der Waals surface area contributed by atoms with E-state index in [-0.39, 0.29) is 6.10 Å². The lowest BCUT2D eigenvalue weighted by molar-refractivity contribution is 0.0634. The molecular weight excluding hydrogens is 102 g/mol. The summed E-state index contributed by atoms with van der Waals surface area (Å²) in [5.74, 6) is 0. The van der Waals surface area contributed by atoms with Crippen LogP contribution in [-0.2, 0) is 0 Å². The first-order valence-electron chi connectivity index (χ1n) is 3.24. The first-order chi connectivity index (χ1) is 3.83. The Labute approximate surface area is 49.9 Å². The predicted molar refractivity (Wildman–Crippen MR) is 32.7 cm³/mol. The quantitative estimate of drug-likeness (QED) is 0.535. The van der Waals surface area contributed by atoms with E-state index in [4.69, 9.17) is 5.11 Å². The molecule has 0 spiro atoms. The molecule has 0 saturated heterocycles. The maximum absolute atomic E-state index is 8.80. The first kappa shape index (κ1) is 6.05. The Kier molecular flexibility index (Phi) is 1.86. The largest absolute Gasteiger partial charge is 0.393 e. The average Bonchev–Trinajstić information content (AvgIpc) is 1.64. The molecule has 0 radical (unpaired) electrons. The number of hydrogen-bond donors (Lipinski definition) is 2. The lowest BCUT2D eigenvalue weighted by atomic mass is 9.90. The summed E-state index contributed by atoms with van der Waals surface area (Å²) < 4.78 is 0. The number of aliphatic hydroxyl groups excluding tert-OH is 1. The molecule has 2 N–H and O–H groups in total. The second kappa shape index (κ2) is 2.46. The predicted octanol–water partition coefficient (Wildman–Crippen LogP) is 0.119. The van der Waals surface area contributed by atoms with Gasteiger partial charge in [0.15, 0.2) is 0 Å². The maximum Gasteiger partial charge on any atom is 0.0570 e. The van der Waals surface area contributed by atoms with Crippen molar-refractivity contribution in [2.45, 2.75) is 31.9 Å². The van der Waals surface area contributed by atoms with Gasteiger partial charge in [-0.25, -0.2) is 0 Å². The van der Waals surface area contributed by atoms with E-state index >= 15 is 0 Å². The lowest BCUT2D eigenvalue weighted by Crippen LogP contribution is -2.43. The third-order valence-electron chi connectivity index (χ3n) is 1.61. The van der Waals surface area contributed by atoms with Crippen molar-refractivity contribution in [3.8, 4) is 0 Å². The Morgan fingerprint density at radius 2 is 2.25 bits per heavy atom. The molecule has 0 aromatic rings. The summed E-state index contributed by atoms with van der Waals surface area (Å²) in [6.45, 7) is 3.11. The van der Waals surface area contributed by atoms with Crippen molar-refractivity contribution in [2.24, 2.45) is 0 Å². The molecule has 48 valence electrons. The van der Waals surface area contributed by atoms with Crippen LogP contribution in [-0.4, -0.2) is 23.8 Å². The Bertz CT molecular complexity index is 66.2. The van der Waals surface area contributed by atoms with Crippen LogP contribution >= 0.6 is 0 Å². The number of nitrogens with one attached hydrogen (secondary N) is 1.